The van der Waals surface area contributed by atoms with E-state index in [4.69, 9.17) is 0 Å². The molecule has 1 unspecified atom stereocenters. The molecule has 1 nitrogen and oxygen atoms in total. The maximum Gasteiger partial charge on any atom is 0.0234 e. The van der Waals surface area contributed by atoms with Crippen molar-refractivity contribution in [2.75, 3.05) is 6.54 Å². The number of nitrogens with one attached hydrogen (secondary N) is 1. The van der Waals surface area contributed by atoms with Crippen LogP contribution in [0.5, 0.6) is 0 Å². The maximum atomic E-state index is 3.43. The molecule has 2 heteroatoms. The highest BCUT2D eigenvalue weighted by Crippen LogP contribution is 2.11. The normalized spacial score (nSPS) is 34.4. The van der Waals surface area contributed by atoms with Gasteiger partial charge in [0.05, 0.1) is 0 Å². The molecule has 0 aliphatic carbocycles. The molecule has 0 aromatic rings. The van der Waals surface area contributed by atoms with Crippen LogP contribution in [0.2, 0.25) is 0 Å². The Hall–Kier alpha value is 0.170. The molecule has 0 spiro atoms. The predicted octanol–water partition coefficient (Wildman–Crippen LogP) is 2.63. The molecule has 0 aromatic carbocycles. The Morgan fingerprint density at radius 1 is 1.64 bits per heavy atom. The second-order valence-electron chi connectivity index (χ2n) is 2.84. The Morgan fingerprint density at radius 3 is 3.27 bits per heavy atom. The summed E-state index contributed by atoms with van der Waals surface area (Å²) in [4.78, 5) is 0. The molecule has 1 aliphatic heterocycles. The Bertz CT molecular complexity index is 172. The number of halogens is 1. The molecular weight excluding hydrogens is 249 g/mol. The number of rotatable bonds is 0. The number of hydrogen-bond donors (Lipinski definition) is 1. The van der Waals surface area contributed by atoms with Crippen LogP contribution in [0.15, 0.2) is 21.8 Å². The van der Waals surface area contributed by atoms with Crippen LogP contribution in [0.3, 0.4) is 0 Å². The van der Waals surface area contributed by atoms with Crippen LogP contribution < -0.4 is 5.32 Å². The van der Waals surface area contributed by atoms with Crippen molar-refractivity contribution in [3.63, 3.8) is 0 Å². The van der Waals surface area contributed by atoms with E-state index in [-0.39, 0.29) is 0 Å². The van der Waals surface area contributed by atoms with E-state index in [1.165, 1.54) is 16.4 Å². The van der Waals surface area contributed by atoms with Crippen LogP contribution in [-0.2, 0) is 0 Å². The highest BCUT2D eigenvalue weighted by Gasteiger charge is 1.98. The maximum absolute atomic E-state index is 3.43. The van der Waals surface area contributed by atoms with Gasteiger partial charge in [-0.2, -0.15) is 0 Å². The van der Waals surface area contributed by atoms with Gasteiger partial charge in [-0.1, -0.05) is 18.2 Å². The second kappa shape index (κ2) is 4.93. The fourth-order valence-electron chi connectivity index (χ4n) is 1.10. The first-order chi connectivity index (χ1) is 5.29. The van der Waals surface area contributed by atoms with Crippen molar-refractivity contribution in [1.29, 1.82) is 0 Å². The zero-order valence-electron chi connectivity index (χ0n) is 6.81. The standard InChI is InChI=1S/C9H14IN/c1-8-7-9(10)5-3-2-4-6-11-8/h3,5,7-8,11H,2,4,6H2,1H3/b5-3-,9-7+. The van der Waals surface area contributed by atoms with Gasteiger partial charge in [-0.3, -0.25) is 0 Å². The van der Waals surface area contributed by atoms with Crippen LogP contribution >= 0.6 is 22.6 Å². The summed E-state index contributed by atoms with van der Waals surface area (Å²) in [7, 11) is 0. The van der Waals surface area contributed by atoms with Crippen molar-refractivity contribution < 1.29 is 0 Å². The van der Waals surface area contributed by atoms with Gasteiger partial charge in [0.1, 0.15) is 0 Å². The molecule has 1 heterocycles. The molecule has 0 amide bonds. The average Bonchev–Trinajstić information content (AvgIpc) is 2.02. The Labute approximate surface area is 82.1 Å². The van der Waals surface area contributed by atoms with E-state index in [1.807, 2.05) is 0 Å². The largest absolute Gasteiger partial charge is 0.311 e. The van der Waals surface area contributed by atoms with Crippen molar-refractivity contribution in [3.05, 3.63) is 21.8 Å². The van der Waals surface area contributed by atoms with E-state index in [0.717, 1.165) is 6.54 Å². The molecule has 1 atom stereocenters. The number of hydrogen-bond acceptors (Lipinski definition) is 1. The van der Waals surface area contributed by atoms with Gasteiger partial charge in [-0.05, 0) is 48.9 Å². The van der Waals surface area contributed by atoms with Crippen LogP contribution in [0, 0.1) is 0 Å². The minimum Gasteiger partial charge on any atom is -0.311 e. The van der Waals surface area contributed by atoms with E-state index in [0.29, 0.717) is 6.04 Å². The fourth-order valence-corrected chi connectivity index (χ4v) is 1.89. The van der Waals surface area contributed by atoms with Gasteiger partial charge in [-0.15, -0.1) is 0 Å². The summed E-state index contributed by atoms with van der Waals surface area (Å²) in [5.41, 5.74) is 0. The molecule has 1 aliphatic rings. The van der Waals surface area contributed by atoms with E-state index in [1.54, 1.807) is 0 Å². The summed E-state index contributed by atoms with van der Waals surface area (Å²) < 4.78 is 1.34. The quantitative estimate of drug-likeness (QED) is 0.662. The van der Waals surface area contributed by atoms with Gasteiger partial charge in [-0.25, -0.2) is 0 Å². The van der Waals surface area contributed by atoms with Crippen molar-refractivity contribution in [1.82, 2.24) is 5.32 Å². The Balaban J connectivity index is 2.56. The van der Waals surface area contributed by atoms with Crippen molar-refractivity contribution in [2.24, 2.45) is 0 Å². The molecule has 0 radical (unpaired) electrons. The summed E-state index contributed by atoms with van der Waals surface area (Å²) in [6.07, 6.45) is 9.14. The first-order valence-electron chi connectivity index (χ1n) is 4.06. The van der Waals surface area contributed by atoms with Crippen LogP contribution in [0.4, 0.5) is 0 Å². The summed E-state index contributed by atoms with van der Waals surface area (Å²) in [5, 5.41) is 3.43. The van der Waals surface area contributed by atoms with Crippen LogP contribution in [0.1, 0.15) is 19.8 Å². The molecular formula is C9H14IN. The topological polar surface area (TPSA) is 12.0 Å². The number of allylic oxidation sites excluding steroid dienone is 3. The molecule has 0 saturated heterocycles. The lowest BCUT2D eigenvalue weighted by Crippen LogP contribution is -2.24. The first-order valence-corrected chi connectivity index (χ1v) is 5.14. The molecule has 1 rings (SSSR count). The molecule has 0 bridgehead atoms. The van der Waals surface area contributed by atoms with Gasteiger partial charge in [0.15, 0.2) is 0 Å². The molecule has 0 fully saturated rings. The predicted molar refractivity (Wildman–Crippen MR) is 57.9 cm³/mol. The SMILES string of the molecule is CC1/C=C(I)\C=C/CCCN1. The minimum atomic E-state index is 0.518. The summed E-state index contributed by atoms with van der Waals surface area (Å²) in [6, 6.07) is 0.518. The zero-order valence-corrected chi connectivity index (χ0v) is 8.97. The average molecular weight is 263 g/mol. The lowest BCUT2D eigenvalue weighted by atomic mass is 10.3. The van der Waals surface area contributed by atoms with E-state index in [2.05, 4.69) is 53.1 Å². The summed E-state index contributed by atoms with van der Waals surface area (Å²) in [5.74, 6) is 0. The van der Waals surface area contributed by atoms with Crippen molar-refractivity contribution >= 4 is 22.6 Å². The molecule has 0 aromatic heterocycles. The minimum absolute atomic E-state index is 0.518. The highest BCUT2D eigenvalue weighted by atomic mass is 127. The van der Waals surface area contributed by atoms with Gasteiger partial charge >= 0.3 is 0 Å². The van der Waals surface area contributed by atoms with Gasteiger partial charge < -0.3 is 5.32 Å². The van der Waals surface area contributed by atoms with Gasteiger partial charge in [0, 0.05) is 9.62 Å². The first kappa shape index (κ1) is 9.26. The third-order valence-electron chi connectivity index (χ3n) is 1.70. The zero-order chi connectivity index (χ0) is 8.10. The summed E-state index contributed by atoms with van der Waals surface area (Å²) >= 11 is 2.37. The third-order valence-corrected chi connectivity index (χ3v) is 2.42. The third kappa shape index (κ3) is 3.91. The monoisotopic (exact) mass is 263 g/mol. The van der Waals surface area contributed by atoms with E-state index < -0.39 is 0 Å². The summed E-state index contributed by atoms with van der Waals surface area (Å²) in [6.45, 7) is 3.32. The lowest BCUT2D eigenvalue weighted by molar-refractivity contribution is 0.611. The van der Waals surface area contributed by atoms with Gasteiger partial charge in [0.25, 0.3) is 0 Å². The smallest absolute Gasteiger partial charge is 0.0234 e. The molecule has 62 valence electrons. The van der Waals surface area contributed by atoms with Gasteiger partial charge in [0.2, 0.25) is 0 Å². The van der Waals surface area contributed by atoms with Crippen molar-refractivity contribution in [3.8, 4) is 0 Å². The van der Waals surface area contributed by atoms with E-state index >= 15 is 0 Å². The van der Waals surface area contributed by atoms with Crippen LogP contribution in [0.25, 0.3) is 0 Å². The Morgan fingerprint density at radius 2 is 2.45 bits per heavy atom. The molecule has 0 saturated carbocycles. The lowest BCUT2D eigenvalue weighted by Gasteiger charge is -2.07. The molecule has 1 N–H and O–H groups in total. The Kier molecular flexibility index (Phi) is 4.15. The van der Waals surface area contributed by atoms with Crippen LogP contribution in [-0.4, -0.2) is 12.6 Å². The second-order valence-corrected chi connectivity index (χ2v) is 4.08. The fraction of sp³-hybridized carbons (Fsp3) is 0.556. The van der Waals surface area contributed by atoms with Crippen molar-refractivity contribution in [2.45, 2.75) is 25.8 Å². The van der Waals surface area contributed by atoms with E-state index in [9.17, 15) is 0 Å². The highest BCUT2D eigenvalue weighted by molar-refractivity contribution is 14.1. The molecule has 11 heavy (non-hydrogen) atoms.